The first kappa shape index (κ1) is 85.7. The van der Waals surface area contributed by atoms with Crippen LogP contribution >= 0.6 is 11.6 Å². The number of carbonyl (C=O) groups is 3. The Labute approximate surface area is 661 Å². The highest BCUT2D eigenvalue weighted by atomic mass is 35.5. The third-order valence-corrected chi connectivity index (χ3v) is 24.7. The highest BCUT2D eigenvalue weighted by molar-refractivity contribution is 7.92. The molecule has 0 aliphatic heterocycles. The van der Waals surface area contributed by atoms with E-state index in [1.807, 2.05) is 79.1 Å². The van der Waals surface area contributed by atoms with E-state index in [1.165, 1.54) is 67.8 Å². The van der Waals surface area contributed by atoms with Crippen molar-refractivity contribution in [3.05, 3.63) is 279 Å². The number of hydrogen-bond donors (Lipinski definition) is 6. The molecule has 0 spiro atoms. The second-order valence-electron chi connectivity index (χ2n) is 26.4. The summed E-state index contributed by atoms with van der Waals surface area (Å²) in [5.41, 5.74) is 9.82. The predicted octanol–water partition coefficient (Wildman–Crippen LogP) is 14.0. The van der Waals surface area contributed by atoms with Crippen LogP contribution in [0.4, 0.5) is 22.0 Å². The fourth-order valence-electron chi connectivity index (χ4n) is 13.1. The summed E-state index contributed by atoms with van der Waals surface area (Å²) < 4.78 is 147. The summed E-state index contributed by atoms with van der Waals surface area (Å²) in [4.78, 5) is 51.8. The van der Waals surface area contributed by atoms with Gasteiger partial charge in [0.2, 0.25) is 0 Å². The van der Waals surface area contributed by atoms with Gasteiger partial charge in [0.05, 0.1) is 86.8 Å². The van der Waals surface area contributed by atoms with Crippen molar-refractivity contribution in [1.29, 1.82) is 0 Å². The van der Waals surface area contributed by atoms with Crippen LogP contribution in [0.5, 0.6) is 5.75 Å². The van der Waals surface area contributed by atoms with E-state index >= 15 is 0 Å². The molecule has 12 aromatic rings. The lowest BCUT2D eigenvalue weighted by molar-refractivity contribution is -0.137. The molecule has 114 heavy (non-hydrogen) atoms. The van der Waals surface area contributed by atoms with Crippen LogP contribution in [0.1, 0.15) is 147 Å². The van der Waals surface area contributed by atoms with Gasteiger partial charge in [0, 0.05) is 135 Å². The highest BCUT2D eigenvalue weighted by Gasteiger charge is 2.31. The number of rotatable bonds is 29. The van der Waals surface area contributed by atoms with Gasteiger partial charge in [0.25, 0.3) is 17.7 Å². The first-order valence-corrected chi connectivity index (χ1v) is 41.8. The number of nitrogens with zero attached hydrogens (tertiary/aromatic N) is 6. The minimum Gasteiger partial charge on any atom is -0.435 e. The lowest BCUT2D eigenvalue weighted by Crippen LogP contribution is -2.31. The summed E-state index contributed by atoms with van der Waals surface area (Å²) in [6, 6.07) is 48.1. The molecule has 31 heteroatoms. The number of aromatic nitrogens is 6. The van der Waals surface area contributed by atoms with Crippen molar-refractivity contribution < 1.29 is 81.6 Å². The number of carbonyl (C=O) groups excluding carboxylic acids is 3. The summed E-state index contributed by atoms with van der Waals surface area (Å²) in [5, 5.41) is 41.2. The molecule has 0 fully saturated rings. The van der Waals surface area contributed by atoms with Gasteiger partial charge in [0.15, 0.2) is 29.5 Å². The zero-order valence-electron chi connectivity index (χ0n) is 62.9. The number of nitrogens with one attached hydrogen (secondary N) is 3. The standard InChI is InChI=1S/C28H28F3N3O4S.C28H29F2N3O5S.C27H28ClN3O4S/c1-3-34-23(15-22-9-8-21(16-32-22)28(29,30)31)14-20-13-19(7-12-26(20)34)27(36)33-25(17-35)18-5-10-24(11-6-18)39(37,38)4-2;1-3-33-21(12-18-6-5-7-22(13-18)38-28(29)30)15-20-14-19(8-11-26(20)33)27(35)32-25(17-34)24-10-9-23(16-31-24)39(36,37)4-2;1-3-31-22(13-18-5-8-21(28)9-6-18)15-20-14-19(7-12-26(20)31)27(33)30-25(17-32)24-11-10-23(16-29-24)36(34,35)4-2/h5-14,16,25,35H,3-4,15,17H2,1-2H3,(H,33,36);5-11,13-16,25,28,34H,3-4,12,17H2,1-2H3,(H,32,35);5-12,14-16,25,32H,3-4,13,17H2,1-2H3,(H,30,33)/t3*25-/m000/s1. The van der Waals surface area contributed by atoms with E-state index in [-0.39, 0.29) is 56.8 Å². The SMILES string of the molecule is CCn1c(Cc2ccc(C(F)(F)F)cn2)cc2cc(C(=O)N[C@@H](CO)c3ccc(S(=O)(=O)CC)cc3)ccc21.CCn1c(Cc2ccc(Cl)cc2)cc2cc(C(=O)N[C@@H](CO)c3ccc(S(=O)(=O)CC)cn3)ccc21.CCn1c(Cc2cccc(OC(F)F)c2)cc2cc(C(=O)N[C@@H](CO)c3ccc(S(=O)(=O)CC)cn3)ccc21. The molecule has 22 nitrogen and oxygen atoms in total. The summed E-state index contributed by atoms with van der Waals surface area (Å²) in [6.45, 7) is 8.67. The molecule has 6 N–H and O–H groups in total. The van der Waals surface area contributed by atoms with Crippen LogP contribution < -0.4 is 20.7 Å². The van der Waals surface area contributed by atoms with E-state index < -0.39 is 84.4 Å². The number of pyridine rings is 3. The average molecular weight is 1640 g/mol. The van der Waals surface area contributed by atoms with Gasteiger partial charge in [0.1, 0.15) is 5.75 Å². The minimum atomic E-state index is -4.45. The first-order chi connectivity index (χ1) is 54.4. The molecule has 3 amide bonds. The van der Waals surface area contributed by atoms with Gasteiger partial charge >= 0.3 is 12.8 Å². The first-order valence-electron chi connectivity index (χ1n) is 36.5. The molecule has 6 aromatic heterocycles. The smallest absolute Gasteiger partial charge is 0.417 e. The monoisotopic (exact) mass is 1640 g/mol. The Kier molecular flexibility index (Phi) is 28.2. The van der Waals surface area contributed by atoms with E-state index in [2.05, 4.69) is 57.8 Å². The number of ether oxygens (including phenoxy) is 1. The molecular weight excluding hydrogens is 1560 g/mol. The van der Waals surface area contributed by atoms with E-state index in [0.29, 0.717) is 70.3 Å². The minimum absolute atomic E-state index is 0.0299. The number of fused-ring (bicyclic) bond motifs is 3. The molecular formula is C83H85ClF5N9O13S3. The van der Waals surface area contributed by atoms with Crippen LogP contribution in [0, 0.1) is 0 Å². The summed E-state index contributed by atoms with van der Waals surface area (Å²) in [6.07, 6.45) is 0.387. The molecule has 0 saturated heterocycles. The maximum Gasteiger partial charge on any atom is 0.417 e. The number of halogens is 6. The normalized spacial score (nSPS) is 12.7. The molecule has 0 saturated carbocycles. The molecule has 0 aliphatic rings. The Bertz CT molecular complexity index is 5750. The van der Waals surface area contributed by atoms with Gasteiger partial charge in [-0.2, -0.15) is 22.0 Å². The lowest BCUT2D eigenvalue weighted by Gasteiger charge is -2.17. The average Bonchev–Trinajstić information content (AvgIpc) is 1.64. The Hall–Kier alpha value is -10.7. The molecule has 0 unspecified atom stereocenters. The number of amides is 3. The van der Waals surface area contributed by atoms with Gasteiger partial charge < -0.3 is 49.7 Å². The molecule has 6 heterocycles. The van der Waals surface area contributed by atoms with Crippen LogP contribution in [-0.2, 0) is 74.6 Å². The molecule has 6 aromatic carbocycles. The predicted molar refractivity (Wildman–Crippen MR) is 425 cm³/mol. The van der Waals surface area contributed by atoms with Crippen LogP contribution in [0.2, 0.25) is 5.02 Å². The molecule has 12 rings (SSSR count). The van der Waals surface area contributed by atoms with E-state index in [0.717, 1.165) is 86.1 Å². The third kappa shape index (κ3) is 20.8. The second-order valence-corrected chi connectivity index (χ2v) is 33.7. The number of aryl methyl sites for hydroxylation is 3. The number of aliphatic hydroxyl groups is 3. The van der Waals surface area contributed by atoms with E-state index in [1.54, 1.807) is 74.5 Å². The van der Waals surface area contributed by atoms with Crippen molar-refractivity contribution >= 4 is 91.5 Å². The van der Waals surface area contributed by atoms with Gasteiger partial charge in [-0.15, -0.1) is 0 Å². The Morgan fingerprint density at radius 3 is 1.25 bits per heavy atom. The van der Waals surface area contributed by atoms with Crippen molar-refractivity contribution in [3.63, 3.8) is 0 Å². The highest BCUT2D eigenvalue weighted by Crippen LogP contribution is 2.32. The van der Waals surface area contributed by atoms with Crippen LogP contribution in [-0.4, -0.2) is 131 Å². The molecule has 600 valence electrons. The fraction of sp³-hybridized carbons (Fsp3) is 0.277. The zero-order chi connectivity index (χ0) is 82.4. The molecule has 0 radical (unpaired) electrons. The lowest BCUT2D eigenvalue weighted by atomic mass is 10.1. The summed E-state index contributed by atoms with van der Waals surface area (Å²) >= 11 is 6.01. The number of aliphatic hydroxyl groups excluding tert-OH is 3. The quantitative estimate of drug-likeness (QED) is 0.0237. The fourth-order valence-corrected chi connectivity index (χ4v) is 15.7. The van der Waals surface area contributed by atoms with Crippen molar-refractivity contribution in [2.45, 2.75) is 126 Å². The Morgan fingerprint density at radius 2 is 0.868 bits per heavy atom. The van der Waals surface area contributed by atoms with Crippen molar-refractivity contribution in [2.75, 3.05) is 37.1 Å². The summed E-state index contributed by atoms with van der Waals surface area (Å²) in [7, 11) is -10.2. The zero-order valence-corrected chi connectivity index (χ0v) is 66.2. The van der Waals surface area contributed by atoms with Gasteiger partial charge in [-0.05, 0) is 183 Å². The number of hydrogen-bond acceptors (Lipinski definition) is 16. The molecule has 3 atom stereocenters. The number of sulfone groups is 3. The maximum absolute atomic E-state index is 13.1. The topological polar surface area (TPSA) is 313 Å². The Morgan fingerprint density at radius 1 is 0.456 bits per heavy atom. The number of benzene rings is 6. The molecule has 0 bridgehead atoms. The largest absolute Gasteiger partial charge is 0.435 e. The molecule has 0 aliphatic carbocycles. The van der Waals surface area contributed by atoms with Crippen molar-refractivity contribution in [2.24, 2.45) is 0 Å². The summed E-state index contributed by atoms with van der Waals surface area (Å²) in [5.74, 6) is -1.23. The van der Waals surface area contributed by atoms with Crippen LogP contribution in [0.15, 0.2) is 215 Å². The van der Waals surface area contributed by atoms with Crippen molar-refractivity contribution in [1.82, 2.24) is 44.6 Å². The Balaban J connectivity index is 0.000000181. The van der Waals surface area contributed by atoms with Gasteiger partial charge in [-0.1, -0.05) is 68.8 Å². The van der Waals surface area contributed by atoms with E-state index in [9.17, 15) is 76.9 Å². The maximum atomic E-state index is 13.1. The van der Waals surface area contributed by atoms with Crippen molar-refractivity contribution in [3.8, 4) is 5.75 Å². The van der Waals surface area contributed by atoms with Gasteiger partial charge in [-0.25, -0.2) is 25.3 Å². The van der Waals surface area contributed by atoms with E-state index in [4.69, 9.17) is 11.6 Å². The number of alkyl halides is 5. The van der Waals surface area contributed by atoms with Gasteiger partial charge in [-0.3, -0.25) is 29.3 Å². The van der Waals surface area contributed by atoms with Crippen LogP contribution in [0.25, 0.3) is 32.7 Å². The second kappa shape index (κ2) is 37.5. The van der Waals surface area contributed by atoms with Crippen LogP contribution in [0.3, 0.4) is 0 Å². The third-order valence-electron chi connectivity index (χ3n) is 19.2.